The summed E-state index contributed by atoms with van der Waals surface area (Å²) in [5.41, 5.74) is 1.04. The van der Waals surface area contributed by atoms with Gasteiger partial charge in [-0.25, -0.2) is 0 Å². The predicted molar refractivity (Wildman–Crippen MR) is 102 cm³/mol. The first-order valence-electron chi connectivity index (χ1n) is 10.2. The fraction of sp³-hybridized carbons (Fsp3) is 0.652. The fourth-order valence-corrected chi connectivity index (χ4v) is 4.29. The maximum atomic E-state index is 14.5. The molecule has 1 aromatic carbocycles. The third kappa shape index (κ3) is 5.31. The zero-order chi connectivity index (χ0) is 18.6. The molecular formula is C23H32F2O. The lowest BCUT2D eigenvalue weighted by atomic mass is 9.79. The minimum Gasteiger partial charge on any atom is -0.432 e. The van der Waals surface area contributed by atoms with Crippen molar-refractivity contribution in [2.75, 3.05) is 0 Å². The van der Waals surface area contributed by atoms with E-state index in [0.29, 0.717) is 24.7 Å². The SMILES string of the molecule is Cc1ccc(OC(F)(F)C2CCC(/C=C/C3CCC(C)CC3)CC2)cc1. The lowest BCUT2D eigenvalue weighted by molar-refractivity contribution is -0.222. The van der Waals surface area contributed by atoms with Crippen molar-refractivity contribution in [1.29, 1.82) is 0 Å². The Morgan fingerprint density at radius 2 is 1.35 bits per heavy atom. The molecule has 0 bridgehead atoms. The van der Waals surface area contributed by atoms with Gasteiger partial charge in [0.05, 0.1) is 5.92 Å². The minimum absolute atomic E-state index is 0.258. The molecule has 1 nitrogen and oxygen atoms in total. The molecule has 26 heavy (non-hydrogen) atoms. The van der Waals surface area contributed by atoms with E-state index >= 15 is 0 Å². The summed E-state index contributed by atoms with van der Waals surface area (Å²) in [5.74, 6) is 1.61. The molecule has 0 amide bonds. The Balaban J connectivity index is 1.47. The van der Waals surface area contributed by atoms with Crippen LogP contribution in [0.25, 0.3) is 0 Å². The first-order chi connectivity index (χ1) is 12.4. The van der Waals surface area contributed by atoms with E-state index < -0.39 is 12.0 Å². The highest BCUT2D eigenvalue weighted by Crippen LogP contribution is 2.40. The van der Waals surface area contributed by atoms with Crippen LogP contribution < -0.4 is 4.74 Å². The normalized spacial score (nSPS) is 30.5. The summed E-state index contributed by atoms with van der Waals surface area (Å²) in [5, 5.41) is 0. The van der Waals surface area contributed by atoms with Crippen molar-refractivity contribution < 1.29 is 13.5 Å². The molecule has 0 saturated heterocycles. The van der Waals surface area contributed by atoms with E-state index in [1.807, 2.05) is 6.92 Å². The number of hydrogen-bond donors (Lipinski definition) is 0. The Morgan fingerprint density at radius 1 is 0.846 bits per heavy atom. The van der Waals surface area contributed by atoms with Crippen LogP contribution in [0, 0.1) is 30.6 Å². The maximum absolute atomic E-state index is 14.5. The molecule has 2 aliphatic rings. The van der Waals surface area contributed by atoms with Gasteiger partial charge < -0.3 is 4.74 Å². The topological polar surface area (TPSA) is 9.23 Å². The second kappa shape index (κ2) is 8.54. The zero-order valence-corrected chi connectivity index (χ0v) is 16.1. The molecule has 2 fully saturated rings. The average molecular weight is 363 g/mol. The van der Waals surface area contributed by atoms with Crippen LogP contribution in [0.3, 0.4) is 0 Å². The average Bonchev–Trinajstić information content (AvgIpc) is 2.63. The minimum atomic E-state index is -3.08. The summed E-state index contributed by atoms with van der Waals surface area (Å²) in [4.78, 5) is 0. The van der Waals surface area contributed by atoms with Gasteiger partial charge in [0.2, 0.25) is 0 Å². The van der Waals surface area contributed by atoms with Crippen LogP contribution in [0.1, 0.15) is 63.9 Å². The van der Waals surface area contributed by atoms with Crippen LogP contribution in [0.2, 0.25) is 0 Å². The summed E-state index contributed by atoms with van der Waals surface area (Å²) < 4.78 is 34.0. The van der Waals surface area contributed by atoms with E-state index in [9.17, 15) is 8.78 Å². The summed E-state index contributed by atoms with van der Waals surface area (Å²) >= 11 is 0. The van der Waals surface area contributed by atoms with Gasteiger partial charge >= 0.3 is 6.11 Å². The molecule has 0 unspecified atom stereocenters. The smallest absolute Gasteiger partial charge is 0.400 e. The van der Waals surface area contributed by atoms with Crippen LogP contribution in [0.5, 0.6) is 5.75 Å². The molecule has 3 rings (SSSR count). The van der Waals surface area contributed by atoms with Gasteiger partial charge in [0, 0.05) is 0 Å². The zero-order valence-electron chi connectivity index (χ0n) is 16.1. The molecule has 0 aromatic heterocycles. The van der Waals surface area contributed by atoms with Gasteiger partial charge in [-0.05, 0) is 75.3 Å². The third-order valence-corrected chi connectivity index (χ3v) is 6.24. The van der Waals surface area contributed by atoms with Crippen molar-refractivity contribution in [1.82, 2.24) is 0 Å². The van der Waals surface area contributed by atoms with Gasteiger partial charge in [0.15, 0.2) is 0 Å². The van der Waals surface area contributed by atoms with Crippen molar-refractivity contribution in [3.8, 4) is 5.75 Å². The maximum Gasteiger partial charge on any atom is 0.400 e. The van der Waals surface area contributed by atoms with Crippen LogP contribution in [0.15, 0.2) is 36.4 Å². The van der Waals surface area contributed by atoms with E-state index in [-0.39, 0.29) is 5.75 Å². The van der Waals surface area contributed by atoms with E-state index in [4.69, 9.17) is 4.74 Å². The van der Waals surface area contributed by atoms with Crippen molar-refractivity contribution >= 4 is 0 Å². The summed E-state index contributed by atoms with van der Waals surface area (Å²) in [6.07, 6.45) is 9.59. The molecule has 0 spiro atoms. The molecule has 1 aromatic rings. The third-order valence-electron chi connectivity index (χ3n) is 6.24. The predicted octanol–water partition coefficient (Wildman–Crippen LogP) is 7.16. The van der Waals surface area contributed by atoms with Crippen LogP contribution in [-0.4, -0.2) is 6.11 Å². The first kappa shape index (κ1) is 19.4. The lowest BCUT2D eigenvalue weighted by Gasteiger charge is -2.32. The number of rotatable bonds is 5. The Labute approximate surface area is 156 Å². The lowest BCUT2D eigenvalue weighted by Crippen LogP contribution is -2.37. The van der Waals surface area contributed by atoms with Crippen LogP contribution in [0.4, 0.5) is 8.78 Å². The number of allylic oxidation sites excluding steroid dienone is 2. The molecule has 0 atom stereocenters. The summed E-state index contributed by atoms with van der Waals surface area (Å²) in [6.45, 7) is 4.27. The monoisotopic (exact) mass is 362 g/mol. The van der Waals surface area contributed by atoms with Gasteiger partial charge in [0.25, 0.3) is 0 Å². The van der Waals surface area contributed by atoms with Crippen molar-refractivity contribution in [2.24, 2.45) is 23.7 Å². The highest BCUT2D eigenvalue weighted by molar-refractivity contribution is 5.26. The number of ether oxygens (including phenoxy) is 1. The molecule has 0 N–H and O–H groups in total. The molecule has 3 heteroatoms. The molecule has 0 radical (unpaired) electrons. The standard InChI is InChI=1S/C23H32F2O/c1-17-3-7-19(8-4-17)9-10-20-11-13-21(14-12-20)23(24,25)26-22-15-5-18(2)6-16-22/h5-6,9-10,15-17,19-21H,3-4,7-8,11-14H2,1-2H3/b10-9+. The van der Waals surface area contributed by atoms with Gasteiger partial charge in [-0.2, -0.15) is 8.78 Å². The Hall–Kier alpha value is -1.38. The highest BCUT2D eigenvalue weighted by Gasteiger charge is 2.43. The Kier molecular flexibility index (Phi) is 6.37. The van der Waals surface area contributed by atoms with E-state index in [1.54, 1.807) is 24.3 Å². The van der Waals surface area contributed by atoms with E-state index in [1.165, 1.54) is 25.7 Å². The summed E-state index contributed by atoms with van der Waals surface area (Å²) in [7, 11) is 0. The quantitative estimate of drug-likeness (QED) is 0.505. The number of halogens is 2. The Morgan fingerprint density at radius 3 is 1.88 bits per heavy atom. The fourth-order valence-electron chi connectivity index (χ4n) is 4.29. The highest BCUT2D eigenvalue weighted by atomic mass is 19.3. The van der Waals surface area contributed by atoms with Crippen molar-refractivity contribution in [2.45, 2.75) is 71.3 Å². The molecule has 0 aliphatic heterocycles. The largest absolute Gasteiger partial charge is 0.432 e. The number of benzene rings is 1. The molecule has 2 aliphatic carbocycles. The van der Waals surface area contributed by atoms with Crippen LogP contribution in [-0.2, 0) is 0 Å². The molecule has 144 valence electrons. The molecular weight excluding hydrogens is 330 g/mol. The van der Waals surface area contributed by atoms with Gasteiger partial charge in [-0.1, -0.05) is 49.6 Å². The Bertz CT molecular complexity index is 577. The number of aryl methyl sites for hydroxylation is 1. The van der Waals surface area contributed by atoms with Gasteiger partial charge in [-0.15, -0.1) is 0 Å². The van der Waals surface area contributed by atoms with E-state index in [0.717, 1.165) is 24.3 Å². The van der Waals surface area contributed by atoms with Crippen molar-refractivity contribution in [3.63, 3.8) is 0 Å². The second-order valence-corrected chi connectivity index (χ2v) is 8.49. The van der Waals surface area contributed by atoms with Gasteiger partial charge in [0.1, 0.15) is 5.75 Å². The summed E-state index contributed by atoms with van der Waals surface area (Å²) in [6, 6.07) is 6.86. The van der Waals surface area contributed by atoms with Gasteiger partial charge in [-0.3, -0.25) is 0 Å². The second-order valence-electron chi connectivity index (χ2n) is 8.49. The first-order valence-corrected chi connectivity index (χ1v) is 10.2. The van der Waals surface area contributed by atoms with E-state index in [2.05, 4.69) is 19.1 Å². The van der Waals surface area contributed by atoms with Crippen LogP contribution >= 0.6 is 0 Å². The molecule has 0 heterocycles. The number of hydrogen-bond acceptors (Lipinski definition) is 1. The molecule has 2 saturated carbocycles. The number of alkyl halides is 2. The van der Waals surface area contributed by atoms with Crippen molar-refractivity contribution in [3.05, 3.63) is 42.0 Å².